The number of aromatic nitrogens is 2. The highest BCUT2D eigenvalue weighted by atomic mass is 127. The van der Waals surface area contributed by atoms with Crippen LogP contribution in [0, 0.1) is 8.54 Å². The zero-order valence-electron chi connectivity index (χ0n) is 11.5. The van der Waals surface area contributed by atoms with Gasteiger partial charge in [0.25, 0.3) is 5.56 Å². The molecule has 8 heteroatoms. The molecule has 1 aromatic carbocycles. The summed E-state index contributed by atoms with van der Waals surface area (Å²) in [4.78, 5) is 14.7. The van der Waals surface area contributed by atoms with Gasteiger partial charge in [-0.15, -0.1) is 0 Å². The number of halogens is 2. The van der Waals surface area contributed by atoms with E-state index >= 15 is 0 Å². The smallest absolute Gasteiger partial charge is 0.259 e. The maximum absolute atomic E-state index is 12.1. The Kier molecular flexibility index (Phi) is 4.60. The van der Waals surface area contributed by atoms with Crippen LogP contribution in [0.5, 0.6) is 5.88 Å². The molecule has 0 saturated carbocycles. The van der Waals surface area contributed by atoms with Gasteiger partial charge in [-0.25, -0.2) is 0 Å². The first-order valence-electron chi connectivity index (χ1n) is 6.53. The second-order valence-corrected chi connectivity index (χ2v) is 6.64. The first-order chi connectivity index (χ1) is 11.0. The largest absolute Gasteiger partial charge is 0.494 e. The Labute approximate surface area is 154 Å². The van der Waals surface area contributed by atoms with Crippen molar-refractivity contribution in [1.82, 2.24) is 9.55 Å². The third-order valence-corrected chi connectivity index (χ3v) is 4.36. The Bertz CT molecular complexity index is 976. The van der Waals surface area contributed by atoms with Crippen LogP contribution in [0.4, 0.5) is 0 Å². The number of hydrogen-bond acceptors (Lipinski definition) is 4. The summed E-state index contributed by atoms with van der Waals surface area (Å²) < 4.78 is 7.66. The van der Waals surface area contributed by atoms with E-state index in [1.165, 1.54) is 4.57 Å². The van der Waals surface area contributed by atoms with Crippen LogP contribution >= 0.6 is 46.4 Å². The van der Waals surface area contributed by atoms with Gasteiger partial charge in [0.2, 0.25) is 5.88 Å². The van der Waals surface area contributed by atoms with E-state index in [0.717, 1.165) is 0 Å². The van der Waals surface area contributed by atoms with Gasteiger partial charge in [-0.2, -0.15) is 0 Å². The Morgan fingerprint density at radius 1 is 1.26 bits per heavy atom. The maximum atomic E-state index is 12.1. The molecular formula is C15H10ClIN2O3S. The zero-order valence-corrected chi connectivity index (χ0v) is 15.3. The number of nitrogens with zero attached hydrogens (tertiary/aromatic N) is 1. The molecule has 0 aliphatic rings. The van der Waals surface area contributed by atoms with Gasteiger partial charge < -0.3 is 9.52 Å². The topological polar surface area (TPSA) is 71.2 Å². The zero-order chi connectivity index (χ0) is 16.6. The molecule has 5 nitrogen and oxygen atoms in total. The normalized spacial score (nSPS) is 10.9. The second-order valence-electron chi connectivity index (χ2n) is 4.76. The van der Waals surface area contributed by atoms with Crippen molar-refractivity contribution in [2.75, 3.05) is 0 Å². The molecule has 0 saturated heterocycles. The molecule has 3 aromatic rings. The Morgan fingerprint density at radius 2 is 1.96 bits per heavy atom. The highest BCUT2D eigenvalue weighted by Gasteiger charge is 2.16. The predicted molar refractivity (Wildman–Crippen MR) is 98.1 cm³/mol. The van der Waals surface area contributed by atoms with Crippen molar-refractivity contribution in [3.63, 3.8) is 0 Å². The molecule has 0 fully saturated rings. The van der Waals surface area contributed by atoms with Crippen molar-refractivity contribution in [2.45, 2.75) is 6.42 Å². The van der Waals surface area contributed by atoms with Crippen molar-refractivity contribution in [2.24, 2.45) is 0 Å². The van der Waals surface area contributed by atoms with Crippen LogP contribution in [-0.4, -0.2) is 14.7 Å². The fourth-order valence-electron chi connectivity index (χ4n) is 2.17. The van der Waals surface area contributed by atoms with Gasteiger partial charge in [0, 0.05) is 11.4 Å². The molecule has 0 aliphatic carbocycles. The Balaban J connectivity index is 2.14. The number of rotatable bonds is 3. The molecule has 0 atom stereocenters. The third-order valence-electron chi connectivity index (χ3n) is 3.24. The van der Waals surface area contributed by atoms with Gasteiger partial charge in [0.1, 0.15) is 5.76 Å². The number of aromatic amines is 1. The van der Waals surface area contributed by atoms with Crippen LogP contribution in [0.3, 0.4) is 0 Å². The lowest BCUT2D eigenvalue weighted by molar-refractivity contribution is 0.421. The molecule has 0 radical (unpaired) electrons. The minimum Gasteiger partial charge on any atom is -0.494 e. The van der Waals surface area contributed by atoms with Gasteiger partial charge in [-0.05, 0) is 71.2 Å². The fraction of sp³-hybridized carbons (Fsp3) is 0.0667. The quantitative estimate of drug-likeness (QED) is 0.457. The minimum absolute atomic E-state index is 0.104. The van der Waals surface area contributed by atoms with Crippen LogP contribution in [0.15, 0.2) is 45.6 Å². The SMILES string of the molecule is O=c1[nH]c(=S)n(-c2ccc(Cl)cc2)c(O)c1Cc1ccc(I)o1. The summed E-state index contributed by atoms with van der Waals surface area (Å²) in [6.45, 7) is 0. The number of H-pyrrole nitrogens is 1. The molecule has 2 N–H and O–H groups in total. The number of furan rings is 1. The van der Waals surface area contributed by atoms with Gasteiger partial charge in [0.05, 0.1) is 11.3 Å². The molecule has 118 valence electrons. The van der Waals surface area contributed by atoms with Crippen LogP contribution in [0.1, 0.15) is 11.3 Å². The highest BCUT2D eigenvalue weighted by Crippen LogP contribution is 2.23. The van der Waals surface area contributed by atoms with Crippen molar-refractivity contribution in [1.29, 1.82) is 0 Å². The number of nitrogens with one attached hydrogen (secondary N) is 1. The van der Waals surface area contributed by atoms with Crippen molar-refractivity contribution in [3.05, 3.63) is 71.6 Å². The van der Waals surface area contributed by atoms with E-state index in [9.17, 15) is 9.90 Å². The molecule has 2 aromatic heterocycles. The summed E-state index contributed by atoms with van der Waals surface area (Å²) in [6.07, 6.45) is 0.160. The highest BCUT2D eigenvalue weighted by molar-refractivity contribution is 14.1. The fourth-order valence-corrected chi connectivity index (χ4v) is 3.04. The number of aromatic hydroxyl groups is 1. The molecule has 0 unspecified atom stereocenters. The average Bonchev–Trinajstić information content (AvgIpc) is 2.91. The molecular weight excluding hydrogens is 451 g/mol. The van der Waals surface area contributed by atoms with Crippen LogP contribution in [-0.2, 0) is 6.42 Å². The van der Waals surface area contributed by atoms with E-state index in [2.05, 4.69) is 4.98 Å². The number of benzene rings is 1. The minimum atomic E-state index is -0.441. The number of hydrogen-bond donors (Lipinski definition) is 2. The molecule has 3 rings (SSSR count). The molecule has 0 aliphatic heterocycles. The van der Waals surface area contributed by atoms with Crippen LogP contribution in [0.25, 0.3) is 5.69 Å². The summed E-state index contributed by atoms with van der Waals surface area (Å²) in [5.74, 6) is 0.363. The molecule has 0 bridgehead atoms. The van der Waals surface area contributed by atoms with Crippen molar-refractivity contribution in [3.8, 4) is 11.6 Å². The Hall–Kier alpha value is -1.58. The van der Waals surface area contributed by atoms with Gasteiger partial charge in [-0.3, -0.25) is 14.3 Å². The second kappa shape index (κ2) is 6.50. The van der Waals surface area contributed by atoms with Gasteiger partial charge in [-0.1, -0.05) is 11.6 Å². The molecule has 0 amide bonds. The molecule has 0 spiro atoms. The first kappa shape index (κ1) is 16.3. The van der Waals surface area contributed by atoms with Crippen LogP contribution < -0.4 is 5.56 Å². The van der Waals surface area contributed by atoms with E-state index in [0.29, 0.717) is 20.2 Å². The van der Waals surface area contributed by atoms with E-state index in [1.807, 2.05) is 22.6 Å². The monoisotopic (exact) mass is 460 g/mol. The van der Waals surface area contributed by atoms with Gasteiger partial charge in [0.15, 0.2) is 8.54 Å². The predicted octanol–water partition coefficient (Wildman–Crippen LogP) is 4.04. The lowest BCUT2D eigenvalue weighted by Crippen LogP contribution is -2.18. The van der Waals surface area contributed by atoms with E-state index < -0.39 is 5.56 Å². The van der Waals surface area contributed by atoms with E-state index in [-0.39, 0.29) is 22.6 Å². The third kappa shape index (κ3) is 3.36. The summed E-state index contributed by atoms with van der Waals surface area (Å²) in [5.41, 5.74) is 0.340. The van der Waals surface area contributed by atoms with Crippen LogP contribution in [0.2, 0.25) is 5.02 Å². The Morgan fingerprint density at radius 3 is 2.57 bits per heavy atom. The summed E-state index contributed by atoms with van der Waals surface area (Å²) in [6, 6.07) is 10.3. The molecule has 2 heterocycles. The van der Waals surface area contributed by atoms with Crippen molar-refractivity contribution >= 4 is 46.4 Å². The van der Waals surface area contributed by atoms with E-state index in [1.54, 1.807) is 36.4 Å². The standard InChI is InChI=1S/C15H10ClIN2O3S/c16-8-1-3-9(4-2-8)19-14(21)11(13(20)18-15(19)23)7-10-5-6-12(17)22-10/h1-6,21H,7H2,(H,18,20,23). The summed E-state index contributed by atoms with van der Waals surface area (Å²) in [7, 11) is 0. The lowest BCUT2D eigenvalue weighted by Gasteiger charge is -2.12. The van der Waals surface area contributed by atoms with Crippen molar-refractivity contribution < 1.29 is 9.52 Å². The van der Waals surface area contributed by atoms with Gasteiger partial charge >= 0.3 is 0 Å². The molecule has 23 heavy (non-hydrogen) atoms. The average molecular weight is 461 g/mol. The summed E-state index contributed by atoms with van der Waals surface area (Å²) in [5, 5.41) is 11.1. The lowest BCUT2D eigenvalue weighted by atomic mass is 10.2. The van der Waals surface area contributed by atoms with E-state index in [4.69, 9.17) is 28.2 Å². The summed E-state index contributed by atoms with van der Waals surface area (Å²) >= 11 is 13.1. The first-order valence-corrected chi connectivity index (χ1v) is 8.39. The maximum Gasteiger partial charge on any atom is 0.259 e.